The van der Waals surface area contributed by atoms with Gasteiger partial charge in [-0.05, 0) is 18.1 Å². The van der Waals surface area contributed by atoms with E-state index in [4.69, 9.17) is 5.73 Å². The molecule has 0 fully saturated rings. The fourth-order valence-corrected chi connectivity index (χ4v) is 1.85. The van der Waals surface area contributed by atoms with Crippen molar-refractivity contribution in [3.63, 3.8) is 0 Å². The highest BCUT2D eigenvalue weighted by Gasteiger charge is 2.08. The molecule has 0 spiro atoms. The van der Waals surface area contributed by atoms with E-state index in [0.29, 0.717) is 24.1 Å². The van der Waals surface area contributed by atoms with Crippen molar-refractivity contribution in [2.45, 2.75) is 32.9 Å². The first-order valence-corrected chi connectivity index (χ1v) is 5.99. The zero-order chi connectivity index (χ0) is 13.1. The molecule has 6 heteroatoms. The minimum Gasteiger partial charge on any atom is -0.326 e. The fraction of sp³-hybridized carbons (Fsp3) is 0.417. The Morgan fingerprint density at radius 2 is 2.22 bits per heavy atom. The van der Waals surface area contributed by atoms with Crippen molar-refractivity contribution in [1.29, 1.82) is 0 Å². The molecule has 2 heterocycles. The van der Waals surface area contributed by atoms with Crippen molar-refractivity contribution in [2.75, 3.05) is 0 Å². The van der Waals surface area contributed by atoms with Crippen molar-refractivity contribution in [3.8, 4) is 0 Å². The summed E-state index contributed by atoms with van der Waals surface area (Å²) in [7, 11) is 0. The molecule has 2 rings (SSSR count). The molecule has 0 aliphatic rings. The van der Waals surface area contributed by atoms with Gasteiger partial charge >= 0.3 is 5.69 Å². The van der Waals surface area contributed by atoms with Crippen molar-refractivity contribution in [1.82, 2.24) is 14.5 Å². The number of hydrogen-bond acceptors (Lipinski definition) is 4. The minimum absolute atomic E-state index is 0.316. The predicted molar refractivity (Wildman–Crippen MR) is 69.4 cm³/mol. The Bertz CT molecular complexity index is 672. The summed E-state index contributed by atoms with van der Waals surface area (Å²) in [5.74, 6) is 0. The summed E-state index contributed by atoms with van der Waals surface area (Å²) in [6.45, 7) is 2.91. The molecule has 18 heavy (non-hydrogen) atoms. The summed E-state index contributed by atoms with van der Waals surface area (Å²) >= 11 is 0. The van der Waals surface area contributed by atoms with Gasteiger partial charge in [0.05, 0.1) is 5.39 Å². The molecule has 0 saturated heterocycles. The lowest BCUT2D eigenvalue weighted by Crippen LogP contribution is -2.31. The number of H-pyrrole nitrogens is 1. The first-order valence-electron chi connectivity index (χ1n) is 5.99. The highest BCUT2D eigenvalue weighted by atomic mass is 16.2. The monoisotopic (exact) mass is 248 g/mol. The van der Waals surface area contributed by atoms with Crippen LogP contribution < -0.4 is 17.0 Å². The van der Waals surface area contributed by atoms with Gasteiger partial charge in [0.1, 0.15) is 5.65 Å². The lowest BCUT2D eigenvalue weighted by Gasteiger charge is -2.08. The Hall–Kier alpha value is -1.95. The van der Waals surface area contributed by atoms with E-state index in [-0.39, 0.29) is 0 Å². The van der Waals surface area contributed by atoms with Crippen LogP contribution in [0.5, 0.6) is 0 Å². The summed E-state index contributed by atoms with van der Waals surface area (Å²) in [6, 6.07) is 1.68. The van der Waals surface area contributed by atoms with E-state index >= 15 is 0 Å². The standard InChI is InChI=1S/C12H16N4O2/c1-2-3-4-16-10-9(11(17)15-12(16)18)5-8(6-13)7-14-10/h5,7H,2-4,6,13H2,1H3,(H,15,17,18). The lowest BCUT2D eigenvalue weighted by molar-refractivity contribution is 0.612. The second-order valence-electron chi connectivity index (χ2n) is 4.18. The molecule has 2 aromatic heterocycles. The van der Waals surface area contributed by atoms with E-state index in [9.17, 15) is 9.59 Å². The van der Waals surface area contributed by atoms with Crippen molar-refractivity contribution >= 4 is 11.0 Å². The maximum Gasteiger partial charge on any atom is 0.329 e. The van der Waals surface area contributed by atoms with Crippen LogP contribution in [-0.2, 0) is 13.1 Å². The van der Waals surface area contributed by atoms with E-state index < -0.39 is 11.2 Å². The number of aryl methyl sites for hydroxylation is 1. The van der Waals surface area contributed by atoms with Gasteiger partial charge in [0.2, 0.25) is 0 Å². The highest BCUT2D eigenvalue weighted by molar-refractivity contribution is 5.74. The van der Waals surface area contributed by atoms with Crippen LogP contribution in [0.1, 0.15) is 25.3 Å². The molecule has 96 valence electrons. The number of pyridine rings is 1. The summed E-state index contributed by atoms with van der Waals surface area (Å²) in [5.41, 5.74) is 5.90. The summed E-state index contributed by atoms with van der Waals surface area (Å²) < 4.78 is 1.50. The summed E-state index contributed by atoms with van der Waals surface area (Å²) in [4.78, 5) is 30.0. The summed E-state index contributed by atoms with van der Waals surface area (Å²) in [5, 5.41) is 0.411. The zero-order valence-corrected chi connectivity index (χ0v) is 10.3. The zero-order valence-electron chi connectivity index (χ0n) is 10.3. The summed E-state index contributed by atoms with van der Waals surface area (Å²) in [6.07, 6.45) is 3.43. The molecular formula is C12H16N4O2. The lowest BCUT2D eigenvalue weighted by atomic mass is 10.2. The van der Waals surface area contributed by atoms with Crippen LogP contribution in [0.15, 0.2) is 21.9 Å². The first kappa shape index (κ1) is 12.5. The number of nitrogens with two attached hydrogens (primary N) is 1. The molecule has 0 aliphatic carbocycles. The van der Waals surface area contributed by atoms with E-state index in [1.165, 1.54) is 4.57 Å². The number of aromatic nitrogens is 3. The van der Waals surface area contributed by atoms with Crippen LogP contribution in [-0.4, -0.2) is 14.5 Å². The highest BCUT2D eigenvalue weighted by Crippen LogP contribution is 2.07. The smallest absolute Gasteiger partial charge is 0.326 e. The van der Waals surface area contributed by atoms with Crippen LogP contribution >= 0.6 is 0 Å². The van der Waals surface area contributed by atoms with Gasteiger partial charge in [-0.15, -0.1) is 0 Å². The number of aromatic amines is 1. The maximum atomic E-state index is 11.8. The van der Waals surface area contributed by atoms with Crippen LogP contribution in [0.25, 0.3) is 11.0 Å². The minimum atomic E-state index is -0.412. The second kappa shape index (κ2) is 5.14. The molecular weight excluding hydrogens is 232 g/mol. The molecule has 0 radical (unpaired) electrons. The third-order valence-corrected chi connectivity index (χ3v) is 2.86. The molecule has 0 amide bonds. The molecule has 0 bridgehead atoms. The normalized spacial score (nSPS) is 11.0. The molecule has 0 unspecified atom stereocenters. The Labute approximate surface area is 103 Å². The van der Waals surface area contributed by atoms with Gasteiger partial charge in [0.25, 0.3) is 5.56 Å². The molecule has 2 aromatic rings. The van der Waals surface area contributed by atoms with Gasteiger partial charge in [0, 0.05) is 19.3 Å². The van der Waals surface area contributed by atoms with Crippen LogP contribution in [0.3, 0.4) is 0 Å². The number of unbranched alkanes of at least 4 members (excludes halogenated alkanes) is 1. The molecule has 0 aliphatic heterocycles. The Balaban J connectivity index is 2.70. The van der Waals surface area contributed by atoms with E-state index in [2.05, 4.69) is 9.97 Å². The van der Waals surface area contributed by atoms with Gasteiger partial charge in [-0.25, -0.2) is 9.78 Å². The fourth-order valence-electron chi connectivity index (χ4n) is 1.85. The van der Waals surface area contributed by atoms with Gasteiger partial charge in [-0.2, -0.15) is 0 Å². The topological polar surface area (TPSA) is 93.8 Å². The van der Waals surface area contributed by atoms with Crippen LogP contribution in [0.4, 0.5) is 0 Å². The number of fused-ring (bicyclic) bond motifs is 1. The number of nitrogens with one attached hydrogen (secondary N) is 1. The Morgan fingerprint density at radius 1 is 1.44 bits per heavy atom. The van der Waals surface area contributed by atoms with E-state index in [1.807, 2.05) is 6.92 Å². The molecule has 3 N–H and O–H groups in total. The largest absolute Gasteiger partial charge is 0.329 e. The van der Waals surface area contributed by atoms with E-state index in [0.717, 1.165) is 18.4 Å². The average molecular weight is 248 g/mol. The SMILES string of the molecule is CCCCn1c(=O)[nH]c(=O)c2cc(CN)cnc21. The first-order chi connectivity index (χ1) is 8.67. The van der Waals surface area contributed by atoms with Gasteiger partial charge < -0.3 is 5.73 Å². The molecule has 6 nitrogen and oxygen atoms in total. The van der Waals surface area contributed by atoms with Gasteiger partial charge in [0.15, 0.2) is 0 Å². The number of rotatable bonds is 4. The third kappa shape index (κ3) is 2.19. The average Bonchev–Trinajstić information content (AvgIpc) is 2.38. The van der Waals surface area contributed by atoms with Crippen molar-refractivity contribution in [2.24, 2.45) is 5.73 Å². The van der Waals surface area contributed by atoms with Crippen LogP contribution in [0.2, 0.25) is 0 Å². The number of hydrogen-bond donors (Lipinski definition) is 2. The maximum absolute atomic E-state index is 11.8. The molecule has 0 saturated carbocycles. The third-order valence-electron chi connectivity index (χ3n) is 2.86. The Morgan fingerprint density at radius 3 is 2.89 bits per heavy atom. The van der Waals surface area contributed by atoms with E-state index in [1.54, 1.807) is 12.3 Å². The second-order valence-corrected chi connectivity index (χ2v) is 4.18. The van der Waals surface area contributed by atoms with Crippen LogP contribution in [0, 0.1) is 0 Å². The van der Waals surface area contributed by atoms with Crippen molar-refractivity contribution in [3.05, 3.63) is 38.7 Å². The molecule has 0 atom stereocenters. The predicted octanol–water partition coefficient (Wildman–Crippen LogP) is 0.344. The van der Waals surface area contributed by atoms with Gasteiger partial charge in [-0.3, -0.25) is 14.3 Å². The Kier molecular flexibility index (Phi) is 3.57. The number of nitrogens with zero attached hydrogens (tertiary/aromatic N) is 2. The quantitative estimate of drug-likeness (QED) is 0.816. The van der Waals surface area contributed by atoms with Crippen molar-refractivity contribution < 1.29 is 0 Å². The van der Waals surface area contributed by atoms with Gasteiger partial charge in [-0.1, -0.05) is 13.3 Å². The molecule has 0 aromatic carbocycles.